The summed E-state index contributed by atoms with van der Waals surface area (Å²) in [5.41, 5.74) is 4.43. The second kappa shape index (κ2) is 4.47. The van der Waals surface area contributed by atoms with Crippen molar-refractivity contribution >= 4 is 17.4 Å². The van der Waals surface area contributed by atoms with Crippen LogP contribution >= 0.6 is 11.6 Å². The second-order valence-electron chi connectivity index (χ2n) is 3.87. The highest BCUT2D eigenvalue weighted by Crippen LogP contribution is 2.43. The quantitative estimate of drug-likeness (QED) is 0.598. The zero-order valence-corrected chi connectivity index (χ0v) is 9.79. The standard InChI is InChI=1S/C9H11ClFN3O4/c10-9(11)6(16)4(3-15)18-7(9)14-2-1-5(12)13-8(14)17/h1-2,4,6-7,15-16H,3H2,(H2,12,13,17)/t4-,6+,7-,9?/m1/s1. The first-order valence-electron chi connectivity index (χ1n) is 5.04. The number of rotatable bonds is 2. The maximum absolute atomic E-state index is 14.1. The summed E-state index contributed by atoms with van der Waals surface area (Å²) in [7, 11) is 0. The monoisotopic (exact) mass is 279 g/mol. The van der Waals surface area contributed by atoms with Gasteiger partial charge >= 0.3 is 5.69 Å². The molecule has 1 aliphatic heterocycles. The molecule has 0 bridgehead atoms. The van der Waals surface area contributed by atoms with Crippen LogP contribution in [0.15, 0.2) is 17.1 Å². The molecule has 1 unspecified atom stereocenters. The molecule has 1 fully saturated rings. The van der Waals surface area contributed by atoms with Gasteiger partial charge in [0.05, 0.1) is 6.61 Å². The number of nitrogens with zero attached hydrogens (tertiary/aromatic N) is 2. The summed E-state index contributed by atoms with van der Waals surface area (Å²) >= 11 is 5.53. The fraction of sp³-hybridized carbons (Fsp3) is 0.556. The van der Waals surface area contributed by atoms with E-state index in [0.717, 1.165) is 10.8 Å². The normalized spacial score (nSPS) is 35.9. The summed E-state index contributed by atoms with van der Waals surface area (Å²) in [6.07, 6.45) is -3.43. The van der Waals surface area contributed by atoms with Gasteiger partial charge in [-0.1, -0.05) is 11.6 Å². The minimum Gasteiger partial charge on any atom is -0.394 e. The van der Waals surface area contributed by atoms with Gasteiger partial charge in [-0.05, 0) is 6.07 Å². The van der Waals surface area contributed by atoms with Crippen LogP contribution in [-0.4, -0.2) is 43.7 Å². The number of aliphatic hydroxyl groups excluding tert-OH is 2. The van der Waals surface area contributed by atoms with Crippen molar-refractivity contribution in [2.75, 3.05) is 12.3 Å². The van der Waals surface area contributed by atoms with Crippen LogP contribution in [0.25, 0.3) is 0 Å². The molecule has 4 atom stereocenters. The smallest absolute Gasteiger partial charge is 0.351 e. The van der Waals surface area contributed by atoms with Gasteiger partial charge < -0.3 is 20.7 Å². The highest BCUT2D eigenvalue weighted by atomic mass is 35.5. The van der Waals surface area contributed by atoms with E-state index >= 15 is 0 Å². The molecule has 0 radical (unpaired) electrons. The zero-order chi connectivity index (χ0) is 13.5. The molecule has 0 spiro atoms. The number of ether oxygens (including phenoxy) is 1. The Morgan fingerprint density at radius 2 is 2.39 bits per heavy atom. The molecular weight excluding hydrogens is 269 g/mol. The summed E-state index contributed by atoms with van der Waals surface area (Å²) < 4.78 is 19.9. The Bertz CT molecular complexity index is 509. The van der Waals surface area contributed by atoms with Crippen LogP contribution in [-0.2, 0) is 4.74 Å². The molecule has 0 saturated carbocycles. The SMILES string of the molecule is Nc1ccn([C@@H]2O[C@H](CO)[C@H](O)C2(F)Cl)c(=O)n1. The van der Waals surface area contributed by atoms with Gasteiger partial charge in [0.1, 0.15) is 18.0 Å². The molecular formula is C9H11ClFN3O4. The van der Waals surface area contributed by atoms with E-state index in [1.54, 1.807) is 0 Å². The minimum atomic E-state index is -2.74. The lowest BCUT2D eigenvalue weighted by Gasteiger charge is -2.22. The Morgan fingerprint density at radius 3 is 2.89 bits per heavy atom. The lowest BCUT2D eigenvalue weighted by atomic mass is 10.1. The largest absolute Gasteiger partial charge is 0.394 e. The van der Waals surface area contributed by atoms with Gasteiger partial charge in [-0.25, -0.2) is 9.18 Å². The van der Waals surface area contributed by atoms with Gasteiger partial charge in [0.25, 0.3) is 5.13 Å². The van der Waals surface area contributed by atoms with E-state index in [2.05, 4.69) is 4.98 Å². The number of nitrogens with two attached hydrogens (primary N) is 1. The third-order valence-corrected chi connectivity index (χ3v) is 3.07. The number of hydrogen-bond donors (Lipinski definition) is 3. The topological polar surface area (TPSA) is 111 Å². The van der Waals surface area contributed by atoms with Crippen LogP contribution in [0.1, 0.15) is 6.23 Å². The molecule has 100 valence electrons. The van der Waals surface area contributed by atoms with Crippen molar-refractivity contribution in [2.45, 2.75) is 23.6 Å². The molecule has 1 aromatic heterocycles. The van der Waals surface area contributed by atoms with Gasteiger partial charge in [0, 0.05) is 6.20 Å². The molecule has 2 rings (SSSR count). The zero-order valence-electron chi connectivity index (χ0n) is 9.03. The Morgan fingerprint density at radius 1 is 1.72 bits per heavy atom. The van der Waals surface area contributed by atoms with Crippen LogP contribution in [0.2, 0.25) is 0 Å². The van der Waals surface area contributed by atoms with Crippen LogP contribution in [0.5, 0.6) is 0 Å². The van der Waals surface area contributed by atoms with E-state index in [4.69, 9.17) is 27.2 Å². The van der Waals surface area contributed by atoms with E-state index < -0.39 is 35.9 Å². The first-order valence-corrected chi connectivity index (χ1v) is 5.42. The summed E-state index contributed by atoms with van der Waals surface area (Å²) in [6.45, 7) is -0.632. The first-order chi connectivity index (χ1) is 8.37. The van der Waals surface area contributed by atoms with Crippen molar-refractivity contribution in [1.29, 1.82) is 0 Å². The van der Waals surface area contributed by atoms with Crippen molar-refractivity contribution in [1.82, 2.24) is 9.55 Å². The molecule has 0 aliphatic carbocycles. The van der Waals surface area contributed by atoms with Crippen LogP contribution in [0.3, 0.4) is 0 Å². The van der Waals surface area contributed by atoms with E-state index in [9.17, 15) is 14.3 Å². The fourth-order valence-corrected chi connectivity index (χ4v) is 2.02. The van der Waals surface area contributed by atoms with Crippen LogP contribution < -0.4 is 11.4 Å². The maximum atomic E-state index is 14.1. The van der Waals surface area contributed by atoms with Crippen molar-refractivity contribution in [3.63, 3.8) is 0 Å². The predicted molar refractivity (Wildman–Crippen MR) is 59.6 cm³/mol. The van der Waals surface area contributed by atoms with Crippen molar-refractivity contribution in [2.24, 2.45) is 0 Å². The lowest BCUT2D eigenvalue weighted by Crippen LogP contribution is -2.41. The van der Waals surface area contributed by atoms with Crippen molar-refractivity contribution in [3.05, 3.63) is 22.7 Å². The predicted octanol–water partition coefficient (Wildman–Crippen LogP) is -1.02. The Labute approximate surface area is 106 Å². The molecule has 4 N–H and O–H groups in total. The van der Waals surface area contributed by atoms with Crippen molar-refractivity contribution in [3.8, 4) is 0 Å². The molecule has 9 heteroatoms. The Hall–Kier alpha value is -1.22. The minimum absolute atomic E-state index is 0.0347. The van der Waals surface area contributed by atoms with Crippen LogP contribution in [0, 0.1) is 0 Å². The maximum Gasteiger partial charge on any atom is 0.351 e. The van der Waals surface area contributed by atoms with Gasteiger partial charge in [-0.2, -0.15) is 4.98 Å². The van der Waals surface area contributed by atoms with Gasteiger partial charge in [0.15, 0.2) is 6.23 Å². The number of alkyl halides is 2. The van der Waals surface area contributed by atoms with E-state index in [-0.39, 0.29) is 5.82 Å². The number of anilines is 1. The van der Waals surface area contributed by atoms with Crippen LogP contribution in [0.4, 0.5) is 10.2 Å². The van der Waals surface area contributed by atoms with E-state index in [0.29, 0.717) is 0 Å². The Balaban J connectivity index is 2.42. The fourth-order valence-electron chi connectivity index (χ4n) is 1.72. The molecule has 0 amide bonds. The highest BCUT2D eigenvalue weighted by Gasteiger charge is 2.57. The molecule has 1 aromatic rings. The number of aliphatic hydroxyl groups is 2. The van der Waals surface area contributed by atoms with Gasteiger partial charge in [0.2, 0.25) is 0 Å². The molecule has 1 aliphatic rings. The van der Waals surface area contributed by atoms with E-state index in [1.165, 1.54) is 6.07 Å². The molecule has 0 aromatic carbocycles. The highest BCUT2D eigenvalue weighted by molar-refractivity contribution is 6.23. The molecule has 18 heavy (non-hydrogen) atoms. The molecule has 7 nitrogen and oxygen atoms in total. The summed E-state index contributed by atoms with van der Waals surface area (Å²) in [5, 5.41) is 15.7. The number of aromatic nitrogens is 2. The average molecular weight is 280 g/mol. The first kappa shape index (κ1) is 13.2. The van der Waals surface area contributed by atoms with E-state index in [1.807, 2.05) is 0 Å². The summed E-state index contributed by atoms with van der Waals surface area (Å²) in [6, 6.07) is 1.26. The summed E-state index contributed by atoms with van der Waals surface area (Å²) in [4.78, 5) is 14.9. The third kappa shape index (κ3) is 1.97. The van der Waals surface area contributed by atoms with Gasteiger partial charge in [-0.15, -0.1) is 0 Å². The van der Waals surface area contributed by atoms with Crippen molar-refractivity contribution < 1.29 is 19.3 Å². The number of nitrogen functional groups attached to an aromatic ring is 1. The molecule has 2 heterocycles. The molecule has 1 saturated heterocycles. The average Bonchev–Trinajstić information content (AvgIpc) is 2.52. The number of halogens is 2. The second-order valence-corrected chi connectivity index (χ2v) is 4.45. The number of hydrogen-bond acceptors (Lipinski definition) is 6. The lowest BCUT2D eigenvalue weighted by molar-refractivity contribution is -0.0517. The third-order valence-electron chi connectivity index (χ3n) is 2.66. The summed E-state index contributed by atoms with van der Waals surface area (Å²) in [5.74, 6) is -0.0347. The Kier molecular flexibility index (Phi) is 3.28. The van der Waals surface area contributed by atoms with Gasteiger partial charge in [-0.3, -0.25) is 4.57 Å².